The Balaban J connectivity index is 1.49. The van der Waals surface area contributed by atoms with Gasteiger partial charge >= 0.3 is 0 Å². The zero-order chi connectivity index (χ0) is 13.1. The third kappa shape index (κ3) is 3.30. The van der Waals surface area contributed by atoms with Crippen molar-refractivity contribution in [1.82, 2.24) is 4.90 Å². The highest BCUT2D eigenvalue weighted by Crippen LogP contribution is 2.29. The van der Waals surface area contributed by atoms with Crippen molar-refractivity contribution in [3.05, 3.63) is 28.7 Å². The average Bonchev–Trinajstić information content (AvgIpc) is 2.88. The summed E-state index contributed by atoms with van der Waals surface area (Å²) >= 11 is 3.46. The van der Waals surface area contributed by atoms with Gasteiger partial charge in [0.25, 0.3) is 0 Å². The molecule has 3 nitrogen and oxygen atoms in total. The van der Waals surface area contributed by atoms with Crippen LogP contribution in [0.25, 0.3) is 0 Å². The quantitative estimate of drug-likeness (QED) is 0.849. The van der Waals surface area contributed by atoms with E-state index in [1.54, 1.807) is 0 Å². The van der Waals surface area contributed by atoms with E-state index in [9.17, 15) is 0 Å². The molecule has 0 spiro atoms. The minimum absolute atomic E-state index is 0.472. The predicted molar refractivity (Wildman–Crippen MR) is 78.6 cm³/mol. The molecule has 1 heterocycles. The Morgan fingerprint density at radius 2 is 2.32 bits per heavy atom. The summed E-state index contributed by atoms with van der Waals surface area (Å²) in [7, 11) is 0. The molecule has 1 saturated carbocycles. The Morgan fingerprint density at radius 3 is 3.21 bits per heavy atom. The Hall–Kier alpha value is -0.580. The van der Waals surface area contributed by atoms with Crippen LogP contribution in [0.2, 0.25) is 0 Å². The molecule has 1 aliphatic heterocycles. The fourth-order valence-corrected chi connectivity index (χ4v) is 3.50. The van der Waals surface area contributed by atoms with Crippen LogP contribution in [-0.2, 0) is 4.74 Å². The molecule has 0 radical (unpaired) electrons. The highest BCUT2D eigenvalue weighted by Gasteiger charge is 2.35. The number of hydrogen-bond donors (Lipinski definition) is 0. The summed E-state index contributed by atoms with van der Waals surface area (Å²) in [6.07, 6.45) is 4.28. The van der Waals surface area contributed by atoms with E-state index in [-0.39, 0.29) is 0 Å². The summed E-state index contributed by atoms with van der Waals surface area (Å²) in [6.45, 7) is 3.66. The van der Waals surface area contributed by atoms with Gasteiger partial charge in [0.1, 0.15) is 12.4 Å². The molecule has 1 aromatic carbocycles. The molecule has 2 fully saturated rings. The summed E-state index contributed by atoms with van der Waals surface area (Å²) in [4.78, 5) is 2.54. The van der Waals surface area contributed by atoms with Crippen molar-refractivity contribution in [2.24, 2.45) is 0 Å². The molecule has 0 bridgehead atoms. The van der Waals surface area contributed by atoms with E-state index in [0.717, 1.165) is 36.5 Å². The molecule has 2 unspecified atom stereocenters. The van der Waals surface area contributed by atoms with Gasteiger partial charge in [0.05, 0.1) is 12.7 Å². The molecular formula is C15H20BrNO2. The van der Waals surface area contributed by atoms with Crippen LogP contribution >= 0.6 is 15.9 Å². The van der Waals surface area contributed by atoms with Crippen LogP contribution in [0, 0.1) is 0 Å². The van der Waals surface area contributed by atoms with E-state index >= 15 is 0 Å². The second kappa shape index (κ2) is 6.25. The first-order valence-corrected chi connectivity index (χ1v) is 7.86. The molecule has 3 rings (SSSR count). The largest absolute Gasteiger partial charge is 0.492 e. The van der Waals surface area contributed by atoms with E-state index in [1.807, 2.05) is 24.3 Å². The number of hydrogen-bond acceptors (Lipinski definition) is 3. The van der Waals surface area contributed by atoms with Gasteiger partial charge < -0.3 is 9.47 Å². The standard InChI is InChI=1S/C15H20BrNO2/c16-12-3-1-4-13(11-12)18-9-7-17-8-10-19-15-6-2-5-14(15)17/h1,3-4,11,14-15H,2,5-10H2. The number of morpholine rings is 1. The molecule has 1 aromatic rings. The fraction of sp³-hybridized carbons (Fsp3) is 0.600. The lowest BCUT2D eigenvalue weighted by molar-refractivity contribution is -0.0583. The SMILES string of the molecule is Brc1cccc(OCCN2CCOC3CCCC32)c1. The summed E-state index contributed by atoms with van der Waals surface area (Å²) in [6, 6.07) is 8.65. The molecule has 0 aromatic heterocycles. The van der Waals surface area contributed by atoms with Crippen LogP contribution in [0.15, 0.2) is 28.7 Å². The number of ether oxygens (including phenoxy) is 2. The first-order valence-electron chi connectivity index (χ1n) is 7.07. The maximum atomic E-state index is 5.83. The molecule has 1 aliphatic carbocycles. The van der Waals surface area contributed by atoms with Crippen LogP contribution in [0.1, 0.15) is 19.3 Å². The second-order valence-electron chi connectivity index (χ2n) is 5.25. The molecule has 0 amide bonds. The van der Waals surface area contributed by atoms with Crippen molar-refractivity contribution < 1.29 is 9.47 Å². The number of rotatable bonds is 4. The van der Waals surface area contributed by atoms with Crippen molar-refractivity contribution in [3.8, 4) is 5.75 Å². The van der Waals surface area contributed by atoms with E-state index in [1.165, 1.54) is 19.3 Å². The zero-order valence-corrected chi connectivity index (χ0v) is 12.6. The topological polar surface area (TPSA) is 21.7 Å². The van der Waals surface area contributed by atoms with E-state index in [4.69, 9.17) is 9.47 Å². The minimum atomic E-state index is 0.472. The minimum Gasteiger partial charge on any atom is -0.492 e. The lowest BCUT2D eigenvalue weighted by atomic mass is 10.1. The molecular weight excluding hydrogens is 306 g/mol. The normalized spacial score (nSPS) is 27.2. The number of halogens is 1. The average molecular weight is 326 g/mol. The van der Waals surface area contributed by atoms with Crippen molar-refractivity contribution in [1.29, 1.82) is 0 Å². The highest BCUT2D eigenvalue weighted by atomic mass is 79.9. The summed E-state index contributed by atoms with van der Waals surface area (Å²) < 4.78 is 12.7. The molecule has 1 saturated heterocycles. The van der Waals surface area contributed by atoms with Crippen molar-refractivity contribution in [3.63, 3.8) is 0 Å². The predicted octanol–water partition coefficient (Wildman–Crippen LogP) is 3.08. The monoisotopic (exact) mass is 325 g/mol. The smallest absolute Gasteiger partial charge is 0.120 e. The van der Waals surface area contributed by atoms with Crippen LogP contribution in [-0.4, -0.2) is 43.3 Å². The van der Waals surface area contributed by atoms with Crippen molar-refractivity contribution in [2.45, 2.75) is 31.4 Å². The van der Waals surface area contributed by atoms with Gasteiger partial charge in [-0.15, -0.1) is 0 Å². The number of benzene rings is 1. The molecule has 2 aliphatic rings. The third-order valence-corrected chi connectivity index (χ3v) is 4.53. The Bertz CT molecular complexity index is 426. The van der Waals surface area contributed by atoms with Crippen LogP contribution in [0.3, 0.4) is 0 Å². The Labute approximate surface area is 123 Å². The summed E-state index contributed by atoms with van der Waals surface area (Å²) in [5.74, 6) is 0.936. The van der Waals surface area contributed by atoms with E-state index < -0.39 is 0 Å². The van der Waals surface area contributed by atoms with Crippen LogP contribution in [0.5, 0.6) is 5.75 Å². The Kier molecular flexibility index (Phi) is 4.41. The fourth-order valence-electron chi connectivity index (χ4n) is 3.12. The summed E-state index contributed by atoms with van der Waals surface area (Å²) in [5.41, 5.74) is 0. The first-order chi connectivity index (χ1) is 9.33. The maximum Gasteiger partial charge on any atom is 0.120 e. The Morgan fingerprint density at radius 1 is 1.37 bits per heavy atom. The van der Waals surface area contributed by atoms with Gasteiger partial charge in [-0.25, -0.2) is 0 Å². The maximum absolute atomic E-state index is 5.83. The first kappa shape index (κ1) is 13.4. The van der Waals surface area contributed by atoms with Crippen molar-refractivity contribution >= 4 is 15.9 Å². The molecule has 19 heavy (non-hydrogen) atoms. The number of nitrogens with zero attached hydrogens (tertiary/aromatic N) is 1. The van der Waals surface area contributed by atoms with Gasteiger partial charge in [-0.05, 0) is 37.5 Å². The molecule has 0 N–H and O–H groups in total. The number of fused-ring (bicyclic) bond motifs is 1. The van der Waals surface area contributed by atoms with Gasteiger partial charge in [-0.2, -0.15) is 0 Å². The second-order valence-corrected chi connectivity index (χ2v) is 6.16. The molecule has 2 atom stereocenters. The van der Waals surface area contributed by atoms with E-state index in [2.05, 4.69) is 20.8 Å². The van der Waals surface area contributed by atoms with Crippen LogP contribution < -0.4 is 4.74 Å². The van der Waals surface area contributed by atoms with Gasteiger partial charge in [-0.3, -0.25) is 4.90 Å². The van der Waals surface area contributed by atoms with Crippen molar-refractivity contribution in [2.75, 3.05) is 26.3 Å². The van der Waals surface area contributed by atoms with Gasteiger partial charge in [-0.1, -0.05) is 22.0 Å². The van der Waals surface area contributed by atoms with Crippen LogP contribution in [0.4, 0.5) is 0 Å². The summed E-state index contributed by atoms with van der Waals surface area (Å²) in [5, 5.41) is 0. The van der Waals surface area contributed by atoms with Gasteiger partial charge in [0, 0.05) is 23.6 Å². The molecule has 4 heteroatoms. The molecule has 104 valence electrons. The lowest BCUT2D eigenvalue weighted by Crippen LogP contribution is -2.49. The van der Waals surface area contributed by atoms with E-state index in [0.29, 0.717) is 12.1 Å². The van der Waals surface area contributed by atoms with Gasteiger partial charge in [0.15, 0.2) is 0 Å². The lowest BCUT2D eigenvalue weighted by Gasteiger charge is -2.37. The third-order valence-electron chi connectivity index (χ3n) is 4.04. The zero-order valence-electron chi connectivity index (χ0n) is 11.1. The van der Waals surface area contributed by atoms with Gasteiger partial charge in [0.2, 0.25) is 0 Å². The highest BCUT2D eigenvalue weighted by molar-refractivity contribution is 9.10.